The van der Waals surface area contributed by atoms with Crippen LogP contribution in [0.4, 0.5) is 0 Å². The second-order valence-electron chi connectivity index (χ2n) is 2.81. The Morgan fingerprint density at radius 1 is 1.42 bits per heavy atom. The van der Waals surface area contributed by atoms with Crippen LogP contribution in [-0.2, 0) is 5.32 Å². The zero-order chi connectivity index (χ0) is 8.97. The molecule has 0 radical (unpaired) electrons. The van der Waals surface area contributed by atoms with E-state index in [1.807, 2.05) is 0 Å². The summed E-state index contributed by atoms with van der Waals surface area (Å²) in [4.78, 5) is 2.23. The van der Waals surface area contributed by atoms with Crippen LogP contribution in [0.3, 0.4) is 0 Å². The summed E-state index contributed by atoms with van der Waals surface area (Å²) in [5.74, 6) is 0. The monoisotopic (exact) mass is 225 g/mol. The van der Waals surface area contributed by atoms with E-state index in [1.54, 1.807) is 0 Å². The predicted octanol–water partition coefficient (Wildman–Crippen LogP) is 1.99. The average molecular weight is 224 g/mol. The Balaban J connectivity index is 2.84. The Hall–Kier alpha value is -0.771. The third-order valence-electron chi connectivity index (χ3n) is 1.80. The van der Waals surface area contributed by atoms with Crippen molar-refractivity contribution in [3.8, 4) is 4.97 Å². The van der Waals surface area contributed by atoms with Gasteiger partial charge in [0.2, 0.25) is 0 Å². The molecule has 0 atom stereocenters. The Kier molecular flexibility index (Phi) is 3.34. The molecule has 2 heteroatoms. The van der Waals surface area contributed by atoms with Gasteiger partial charge >= 0.3 is 79.2 Å². The molecule has 0 aliphatic heterocycles. The third-order valence-corrected chi connectivity index (χ3v) is 3.02. The molecule has 0 heterocycles. The number of nitriles is 1. The minimum atomic E-state index is 0.110. The molecule has 1 aromatic carbocycles. The van der Waals surface area contributed by atoms with E-state index in [1.165, 1.54) is 16.7 Å². The van der Waals surface area contributed by atoms with Crippen molar-refractivity contribution >= 4 is 15.0 Å². The van der Waals surface area contributed by atoms with Crippen LogP contribution < -0.4 is 0 Å². The van der Waals surface area contributed by atoms with Gasteiger partial charge in [0.15, 0.2) is 0 Å². The van der Waals surface area contributed by atoms with Gasteiger partial charge in [-0.3, -0.25) is 0 Å². The van der Waals surface area contributed by atoms with Gasteiger partial charge in [-0.05, 0) is 0 Å². The molecule has 0 fully saturated rings. The Labute approximate surface area is 79.6 Å². The van der Waals surface area contributed by atoms with Crippen LogP contribution >= 0.6 is 0 Å². The SMILES string of the molecule is Cc1ccc(C)c(C[Se]C#N)c1. The van der Waals surface area contributed by atoms with Gasteiger partial charge in [0.1, 0.15) is 0 Å². The van der Waals surface area contributed by atoms with Crippen LogP contribution in [0.15, 0.2) is 18.2 Å². The van der Waals surface area contributed by atoms with E-state index in [2.05, 4.69) is 37.0 Å². The number of nitrogens with zero attached hydrogens (tertiary/aromatic N) is 1. The fourth-order valence-electron chi connectivity index (χ4n) is 1.07. The van der Waals surface area contributed by atoms with Crippen LogP contribution in [-0.4, -0.2) is 15.0 Å². The summed E-state index contributed by atoms with van der Waals surface area (Å²) >= 11 is 0.110. The van der Waals surface area contributed by atoms with E-state index in [4.69, 9.17) is 5.26 Å². The first-order valence-corrected chi connectivity index (χ1v) is 5.88. The van der Waals surface area contributed by atoms with Gasteiger partial charge < -0.3 is 0 Å². The molecule has 0 N–H and O–H groups in total. The van der Waals surface area contributed by atoms with Crippen molar-refractivity contribution in [3.05, 3.63) is 34.9 Å². The van der Waals surface area contributed by atoms with Gasteiger partial charge in [0, 0.05) is 0 Å². The summed E-state index contributed by atoms with van der Waals surface area (Å²) in [6.07, 6.45) is 0. The first-order valence-electron chi connectivity index (χ1n) is 3.81. The molecule has 12 heavy (non-hydrogen) atoms. The number of hydrogen-bond acceptors (Lipinski definition) is 1. The van der Waals surface area contributed by atoms with Crippen LogP contribution in [0.1, 0.15) is 16.7 Å². The second kappa shape index (κ2) is 4.30. The van der Waals surface area contributed by atoms with Crippen LogP contribution in [0.2, 0.25) is 0 Å². The molecule has 62 valence electrons. The molecule has 1 nitrogen and oxygen atoms in total. The third kappa shape index (κ3) is 2.37. The maximum absolute atomic E-state index is 8.47. The van der Waals surface area contributed by atoms with Crippen LogP contribution in [0.25, 0.3) is 0 Å². The summed E-state index contributed by atoms with van der Waals surface area (Å²) in [5, 5.41) is 9.41. The average Bonchev–Trinajstić information content (AvgIpc) is 2.07. The molecule has 0 unspecified atom stereocenters. The normalized spacial score (nSPS) is 9.42. The predicted molar refractivity (Wildman–Crippen MR) is 51.0 cm³/mol. The van der Waals surface area contributed by atoms with Gasteiger partial charge in [0.25, 0.3) is 0 Å². The molecule has 0 aromatic heterocycles. The zero-order valence-corrected chi connectivity index (χ0v) is 9.01. The Bertz CT molecular complexity index is 312. The van der Waals surface area contributed by atoms with Crippen LogP contribution in [0, 0.1) is 24.1 Å². The van der Waals surface area contributed by atoms with Gasteiger partial charge in [0.05, 0.1) is 0 Å². The van der Waals surface area contributed by atoms with Gasteiger partial charge in [-0.15, -0.1) is 0 Å². The summed E-state index contributed by atoms with van der Waals surface area (Å²) < 4.78 is 0. The van der Waals surface area contributed by atoms with Gasteiger partial charge in [-0.2, -0.15) is 0 Å². The molecule has 1 rings (SSSR count). The molecule has 0 aliphatic rings. The maximum atomic E-state index is 8.47. The number of hydrogen-bond donors (Lipinski definition) is 0. The summed E-state index contributed by atoms with van der Waals surface area (Å²) in [5.41, 5.74) is 3.92. The summed E-state index contributed by atoms with van der Waals surface area (Å²) in [6.45, 7) is 4.19. The van der Waals surface area contributed by atoms with Crippen molar-refractivity contribution in [1.82, 2.24) is 0 Å². The number of rotatable bonds is 2. The van der Waals surface area contributed by atoms with Crippen molar-refractivity contribution in [1.29, 1.82) is 5.26 Å². The number of benzene rings is 1. The fourth-order valence-corrected chi connectivity index (χ4v) is 2.18. The first-order chi connectivity index (χ1) is 5.74. The second-order valence-corrected chi connectivity index (χ2v) is 4.40. The minimum absolute atomic E-state index is 0.110. The van der Waals surface area contributed by atoms with Gasteiger partial charge in [-0.1, -0.05) is 0 Å². The van der Waals surface area contributed by atoms with Crippen molar-refractivity contribution in [2.24, 2.45) is 0 Å². The first kappa shape index (κ1) is 9.32. The molecule has 0 bridgehead atoms. The molecular weight excluding hydrogens is 213 g/mol. The molecular formula is C10H11NSe. The van der Waals surface area contributed by atoms with E-state index in [0.717, 1.165) is 5.32 Å². The van der Waals surface area contributed by atoms with E-state index in [9.17, 15) is 0 Å². The van der Waals surface area contributed by atoms with E-state index in [-0.39, 0.29) is 15.0 Å². The van der Waals surface area contributed by atoms with Crippen molar-refractivity contribution in [3.63, 3.8) is 0 Å². The molecule has 1 aromatic rings. The van der Waals surface area contributed by atoms with E-state index < -0.39 is 0 Å². The molecule has 0 amide bonds. The van der Waals surface area contributed by atoms with Crippen molar-refractivity contribution < 1.29 is 0 Å². The van der Waals surface area contributed by atoms with E-state index >= 15 is 0 Å². The van der Waals surface area contributed by atoms with E-state index in [0.29, 0.717) is 0 Å². The molecule has 0 saturated heterocycles. The van der Waals surface area contributed by atoms with Crippen molar-refractivity contribution in [2.75, 3.05) is 0 Å². The summed E-state index contributed by atoms with van der Waals surface area (Å²) in [7, 11) is 0. The molecule has 0 aliphatic carbocycles. The molecule has 0 saturated carbocycles. The Morgan fingerprint density at radius 2 is 2.17 bits per heavy atom. The topological polar surface area (TPSA) is 23.8 Å². The fraction of sp³-hybridized carbons (Fsp3) is 0.300. The standard InChI is InChI=1S/C10H11NSe/c1-8-3-4-9(2)10(5-8)6-12-7-11/h3-5H,6H2,1-2H3. The summed E-state index contributed by atoms with van der Waals surface area (Å²) in [6, 6.07) is 6.41. The molecule has 0 spiro atoms. The van der Waals surface area contributed by atoms with Crippen LogP contribution in [0.5, 0.6) is 0 Å². The number of aryl methyl sites for hydroxylation is 2. The van der Waals surface area contributed by atoms with Crippen molar-refractivity contribution in [2.45, 2.75) is 19.2 Å². The zero-order valence-electron chi connectivity index (χ0n) is 7.29. The Morgan fingerprint density at radius 3 is 2.83 bits per heavy atom. The van der Waals surface area contributed by atoms with Gasteiger partial charge in [-0.25, -0.2) is 0 Å². The quantitative estimate of drug-likeness (QED) is 0.705.